The maximum Gasteiger partial charge on any atom is 0.307 e. The molecule has 0 saturated carbocycles. The van der Waals surface area contributed by atoms with Gasteiger partial charge in [0.05, 0.1) is 61.3 Å². The van der Waals surface area contributed by atoms with E-state index in [1.807, 2.05) is 79.4 Å². The van der Waals surface area contributed by atoms with Gasteiger partial charge in [0.2, 0.25) is 11.8 Å². The number of benzene rings is 5. The molecule has 6 N–H and O–H groups in total. The van der Waals surface area contributed by atoms with E-state index < -0.39 is 22.5 Å². The van der Waals surface area contributed by atoms with Gasteiger partial charge in [-0.1, -0.05) is 58.0 Å². The molecule has 0 saturated heterocycles. The molecule has 4 aliphatic heterocycles. The topological polar surface area (TPSA) is 233 Å². The summed E-state index contributed by atoms with van der Waals surface area (Å²) in [7, 11) is 5.84. The van der Waals surface area contributed by atoms with Gasteiger partial charge in [0.1, 0.15) is 13.2 Å². The van der Waals surface area contributed by atoms with Crippen molar-refractivity contribution in [1.29, 1.82) is 0 Å². The van der Waals surface area contributed by atoms with Crippen LogP contribution >= 0.6 is 21.6 Å². The SMILES string of the molecule is COc1cc2c(cc1OCc1cc(COc3cc4c(cc3OC)C(=O)N3c5ccccc5C[C@H]3CN4)cc(NC(=O)CCC(C)(C)SSCC(CC(=O)NCCON)C(=O)O)c1)N=C[C@@H]1Cc3ccccc3N1C2=O. The van der Waals surface area contributed by atoms with Gasteiger partial charge in [-0.2, -0.15) is 0 Å². The van der Waals surface area contributed by atoms with Crippen molar-refractivity contribution in [3.63, 3.8) is 0 Å². The molecular weight excluding hydrogens is 999 g/mol. The van der Waals surface area contributed by atoms with Crippen LogP contribution < -0.4 is 50.6 Å². The van der Waals surface area contributed by atoms with Gasteiger partial charge in [0.15, 0.2) is 23.0 Å². The molecule has 4 aliphatic rings. The number of aliphatic imine (C=N–C) groups is 1. The molecule has 0 aromatic heterocycles. The van der Waals surface area contributed by atoms with Crippen molar-refractivity contribution in [3.05, 3.63) is 124 Å². The van der Waals surface area contributed by atoms with Crippen molar-refractivity contribution >= 4 is 85.8 Å². The van der Waals surface area contributed by atoms with E-state index in [1.165, 1.54) is 35.8 Å². The molecule has 3 atom stereocenters. The lowest BCUT2D eigenvalue weighted by molar-refractivity contribution is -0.143. The summed E-state index contributed by atoms with van der Waals surface area (Å²) in [6.07, 6.45) is 3.62. The number of nitrogens with two attached hydrogens (primary N) is 1. The van der Waals surface area contributed by atoms with Crippen molar-refractivity contribution in [2.24, 2.45) is 16.8 Å². The number of hydrogen-bond acceptors (Lipinski definition) is 15. The molecule has 20 heteroatoms. The molecule has 1 unspecified atom stereocenters. The second-order valence-electron chi connectivity index (χ2n) is 19.2. The highest BCUT2D eigenvalue weighted by atomic mass is 33.1. The van der Waals surface area contributed by atoms with Gasteiger partial charge in [0.25, 0.3) is 11.8 Å². The minimum absolute atomic E-state index is 0.0304. The van der Waals surface area contributed by atoms with E-state index in [4.69, 9.17) is 29.8 Å². The largest absolute Gasteiger partial charge is 0.493 e. The van der Waals surface area contributed by atoms with Gasteiger partial charge in [-0.25, -0.2) is 5.90 Å². The van der Waals surface area contributed by atoms with E-state index in [-0.39, 0.29) is 74.8 Å². The number of carboxylic acid groups (broad SMARTS) is 1. The number of carbonyl (C=O) groups is 5. The summed E-state index contributed by atoms with van der Waals surface area (Å²) in [6, 6.07) is 27.9. The van der Waals surface area contributed by atoms with Crippen molar-refractivity contribution < 1.29 is 52.9 Å². The first-order valence-electron chi connectivity index (χ1n) is 24.6. The Morgan fingerprint density at radius 3 is 2.15 bits per heavy atom. The van der Waals surface area contributed by atoms with Gasteiger partial charge in [0, 0.05) is 78.3 Å². The van der Waals surface area contributed by atoms with Crippen LogP contribution in [-0.2, 0) is 45.3 Å². The van der Waals surface area contributed by atoms with Gasteiger partial charge >= 0.3 is 5.97 Å². The molecule has 0 radical (unpaired) electrons. The first-order valence-corrected chi connectivity index (χ1v) is 26.9. The molecule has 5 aromatic rings. The van der Waals surface area contributed by atoms with Crippen LogP contribution in [-0.4, -0.2) is 97.4 Å². The predicted octanol–water partition coefficient (Wildman–Crippen LogP) is 8.12. The summed E-state index contributed by atoms with van der Waals surface area (Å²) in [6.45, 7) is 4.86. The molecule has 18 nitrogen and oxygen atoms in total. The lowest BCUT2D eigenvalue weighted by atomic mass is 10.1. The molecule has 5 aromatic carbocycles. The van der Waals surface area contributed by atoms with E-state index >= 15 is 0 Å². The Morgan fingerprint density at radius 2 is 1.47 bits per heavy atom. The number of nitrogens with zero attached hydrogens (tertiary/aromatic N) is 3. The molecule has 4 amide bonds. The number of nitrogens with one attached hydrogen (secondary N) is 3. The number of aliphatic carboxylic acids is 1. The minimum Gasteiger partial charge on any atom is -0.493 e. The average molecular weight is 1060 g/mol. The van der Waals surface area contributed by atoms with E-state index in [2.05, 4.69) is 26.9 Å². The normalized spacial score (nSPS) is 16.4. The number of amides is 4. The zero-order chi connectivity index (χ0) is 52.8. The summed E-state index contributed by atoms with van der Waals surface area (Å²) in [5, 5.41) is 18.9. The van der Waals surface area contributed by atoms with Gasteiger partial charge in [-0.3, -0.25) is 33.9 Å². The van der Waals surface area contributed by atoms with E-state index in [1.54, 1.807) is 35.4 Å². The van der Waals surface area contributed by atoms with Crippen LogP contribution in [0.4, 0.5) is 28.4 Å². The maximum atomic E-state index is 14.1. The highest BCUT2D eigenvalue weighted by Gasteiger charge is 2.39. The number of ether oxygens (including phenoxy) is 4. The Labute approximate surface area is 442 Å². The second-order valence-corrected chi connectivity index (χ2v) is 22.3. The summed E-state index contributed by atoms with van der Waals surface area (Å²) >= 11 is 0. The van der Waals surface area contributed by atoms with Crippen LogP contribution in [0.15, 0.2) is 96.0 Å². The molecule has 0 spiro atoms. The Kier molecular flexibility index (Phi) is 16.2. The standard InChI is InChI=1S/C55H59N7O11S2/c1-55(2,75-74-31-36(54(67)68)22-51(64)57-15-16-73-56)14-13-50(63)60-37-18-32(29-71-48-25-42-40(23-46(48)69-3)52(65)61-38(27-58-42)20-34-9-5-7-11-44(34)61)17-33(19-37)30-72-49-26-43-41(24-47(49)70-4)53(66)62-39(28-59-43)21-35-10-6-8-12-45(35)62/h5-12,17-19,23-27,36,38-39,59H,13-16,20-22,28-31,56H2,1-4H3,(H,57,64)(H,60,63)(H,67,68)/t36?,38-,39-/m0/s1. The number of para-hydroxylation sites is 2. The smallest absolute Gasteiger partial charge is 0.307 e. The van der Waals surface area contributed by atoms with Crippen molar-refractivity contribution in [1.82, 2.24) is 5.32 Å². The monoisotopic (exact) mass is 1060 g/mol. The second kappa shape index (κ2) is 23.1. The number of rotatable bonds is 22. The predicted molar refractivity (Wildman–Crippen MR) is 290 cm³/mol. The van der Waals surface area contributed by atoms with Gasteiger partial charge < -0.3 is 49.7 Å². The number of carboxylic acids is 1. The quantitative estimate of drug-likeness (QED) is 0.0250. The minimum atomic E-state index is -1.07. The average Bonchev–Trinajstić information content (AvgIpc) is 3.93. The third-order valence-electron chi connectivity index (χ3n) is 13.4. The third-order valence-corrected chi connectivity index (χ3v) is 16.9. The fourth-order valence-corrected chi connectivity index (χ4v) is 12.5. The Bertz CT molecular complexity index is 3040. The highest BCUT2D eigenvalue weighted by Crippen LogP contribution is 2.44. The van der Waals surface area contributed by atoms with E-state index in [0.29, 0.717) is 81.7 Å². The van der Waals surface area contributed by atoms with Crippen molar-refractivity contribution in [2.75, 3.05) is 60.1 Å². The van der Waals surface area contributed by atoms with Crippen LogP contribution in [0.25, 0.3) is 0 Å². The number of anilines is 4. The van der Waals surface area contributed by atoms with E-state index in [0.717, 1.165) is 28.9 Å². The fourth-order valence-electron chi connectivity index (χ4n) is 9.64. The molecule has 9 rings (SSSR count). The molecule has 0 aliphatic carbocycles. The van der Waals surface area contributed by atoms with Crippen molar-refractivity contribution in [2.45, 2.75) is 76.0 Å². The number of methoxy groups -OCH3 is 2. The molecular formula is C55H59N7O11S2. The van der Waals surface area contributed by atoms with Crippen LogP contribution in [0.5, 0.6) is 23.0 Å². The van der Waals surface area contributed by atoms with Crippen molar-refractivity contribution in [3.8, 4) is 23.0 Å². The third kappa shape index (κ3) is 12.0. The van der Waals surface area contributed by atoms with Gasteiger partial charge in [-0.05, 0) is 91.4 Å². The van der Waals surface area contributed by atoms with E-state index in [9.17, 15) is 29.1 Å². The van der Waals surface area contributed by atoms with Crippen LogP contribution in [0, 0.1) is 5.92 Å². The zero-order valence-corrected chi connectivity index (χ0v) is 43.6. The summed E-state index contributed by atoms with van der Waals surface area (Å²) < 4.78 is 24.1. The Balaban J connectivity index is 0.914. The molecule has 4 heterocycles. The van der Waals surface area contributed by atoms with Crippen LogP contribution in [0.3, 0.4) is 0 Å². The summed E-state index contributed by atoms with van der Waals surface area (Å²) in [5.74, 6) is 3.75. The lowest BCUT2D eigenvalue weighted by Crippen LogP contribution is -2.39. The summed E-state index contributed by atoms with van der Waals surface area (Å²) in [5.41, 5.74) is 7.77. The molecule has 392 valence electrons. The lowest BCUT2D eigenvalue weighted by Gasteiger charge is -2.23. The first-order chi connectivity index (χ1) is 36.2. The fraction of sp³-hybridized carbons (Fsp3) is 0.345. The first kappa shape index (κ1) is 52.6. The zero-order valence-electron chi connectivity index (χ0n) is 42.0. The number of carbonyl (C=O) groups excluding carboxylic acids is 4. The molecule has 0 bridgehead atoms. The number of hydrogen-bond donors (Lipinski definition) is 5. The van der Waals surface area contributed by atoms with Crippen LogP contribution in [0.2, 0.25) is 0 Å². The molecule has 0 fully saturated rings. The Hall–Kier alpha value is -7.26. The maximum absolute atomic E-state index is 14.1. The van der Waals surface area contributed by atoms with Gasteiger partial charge in [-0.15, -0.1) is 0 Å². The summed E-state index contributed by atoms with van der Waals surface area (Å²) in [4.78, 5) is 79.0. The number of fused-ring (bicyclic) bond motifs is 8. The Morgan fingerprint density at radius 1 is 0.827 bits per heavy atom. The van der Waals surface area contributed by atoms with Crippen LogP contribution in [0.1, 0.15) is 76.1 Å². The highest BCUT2D eigenvalue weighted by molar-refractivity contribution is 8.77. The molecule has 75 heavy (non-hydrogen) atoms.